The highest BCUT2D eigenvalue weighted by Gasteiger charge is 2.21. The average molecular weight is 406 g/mol. The molecule has 0 saturated heterocycles. The minimum absolute atomic E-state index is 0.117. The van der Waals surface area contributed by atoms with E-state index in [0.29, 0.717) is 0 Å². The van der Waals surface area contributed by atoms with Gasteiger partial charge in [-0.25, -0.2) is 9.36 Å². The Bertz CT molecular complexity index is 1170. The Morgan fingerprint density at radius 2 is 1.13 bits per heavy atom. The van der Waals surface area contributed by atoms with E-state index in [0.717, 1.165) is 52.9 Å². The van der Waals surface area contributed by atoms with Gasteiger partial charge in [0, 0.05) is 34.7 Å². The predicted octanol–water partition coefficient (Wildman–Crippen LogP) is 5.28. The quantitative estimate of drug-likeness (QED) is 0.434. The fraction of sp³-hybridized carbons (Fsp3) is 0.115. The van der Waals surface area contributed by atoms with E-state index in [1.807, 2.05) is 94.6 Å². The van der Waals surface area contributed by atoms with Crippen LogP contribution in [0.4, 0.5) is 0 Å². The van der Waals surface area contributed by atoms with Crippen molar-refractivity contribution >= 4 is 17.9 Å². The van der Waals surface area contributed by atoms with Crippen LogP contribution in [0.1, 0.15) is 30.4 Å². The van der Waals surface area contributed by atoms with Crippen molar-refractivity contribution in [3.8, 4) is 11.4 Å². The van der Waals surface area contributed by atoms with Gasteiger partial charge in [0.25, 0.3) is 0 Å². The molecule has 5 rings (SSSR count). The summed E-state index contributed by atoms with van der Waals surface area (Å²) >= 11 is 0. The number of aromatic nitrogens is 4. The van der Waals surface area contributed by atoms with Gasteiger partial charge < -0.3 is 0 Å². The molecule has 31 heavy (non-hydrogen) atoms. The highest BCUT2D eigenvalue weighted by atomic mass is 16.1. The van der Waals surface area contributed by atoms with Crippen LogP contribution < -0.4 is 0 Å². The molecule has 5 nitrogen and oxygen atoms in total. The second-order valence-corrected chi connectivity index (χ2v) is 7.63. The molecule has 2 aromatic heterocycles. The summed E-state index contributed by atoms with van der Waals surface area (Å²) in [7, 11) is 0. The first-order chi connectivity index (χ1) is 15.3. The smallest absolute Gasteiger partial charge is 0.185 e. The topological polar surface area (TPSA) is 52.7 Å². The molecule has 0 atom stereocenters. The Hall–Kier alpha value is -3.99. The molecule has 1 fully saturated rings. The van der Waals surface area contributed by atoms with E-state index >= 15 is 0 Å². The summed E-state index contributed by atoms with van der Waals surface area (Å²) < 4.78 is 3.66. The maximum Gasteiger partial charge on any atom is 0.185 e. The van der Waals surface area contributed by atoms with Gasteiger partial charge in [-0.2, -0.15) is 10.2 Å². The number of hydrogen-bond acceptors (Lipinski definition) is 3. The van der Waals surface area contributed by atoms with Crippen molar-refractivity contribution in [2.75, 3.05) is 0 Å². The van der Waals surface area contributed by atoms with Crippen molar-refractivity contribution in [3.05, 3.63) is 108 Å². The zero-order chi connectivity index (χ0) is 21.0. The summed E-state index contributed by atoms with van der Waals surface area (Å²) in [5, 5.41) is 8.86. The fourth-order valence-electron chi connectivity index (χ4n) is 3.85. The fourth-order valence-corrected chi connectivity index (χ4v) is 3.85. The number of para-hydroxylation sites is 2. The van der Waals surface area contributed by atoms with Crippen LogP contribution in [0.15, 0.2) is 96.6 Å². The lowest BCUT2D eigenvalue weighted by atomic mass is 9.87. The molecular formula is C26H22N4O. The van der Waals surface area contributed by atoms with Crippen LogP contribution in [-0.2, 0) is 4.79 Å². The summed E-state index contributed by atoms with van der Waals surface area (Å²) in [4.78, 5) is 13.1. The van der Waals surface area contributed by atoms with E-state index in [4.69, 9.17) is 0 Å². The van der Waals surface area contributed by atoms with Gasteiger partial charge >= 0.3 is 0 Å². The van der Waals surface area contributed by atoms with Crippen LogP contribution >= 0.6 is 0 Å². The number of rotatable bonds is 4. The largest absolute Gasteiger partial charge is 0.289 e. The Kier molecular flexibility index (Phi) is 5.15. The molecule has 0 spiro atoms. The van der Waals surface area contributed by atoms with Gasteiger partial charge in [0.2, 0.25) is 0 Å². The zero-order valence-electron chi connectivity index (χ0n) is 17.1. The number of benzene rings is 2. The van der Waals surface area contributed by atoms with Crippen molar-refractivity contribution in [3.63, 3.8) is 0 Å². The van der Waals surface area contributed by atoms with Gasteiger partial charge in [0.05, 0.1) is 23.8 Å². The third-order valence-corrected chi connectivity index (χ3v) is 5.40. The molecule has 0 aliphatic heterocycles. The SMILES string of the molecule is O=C1/C(=C\c2cnn(-c3ccccc3)c2)CCC/C1=C\c1cnn(-c2ccccc2)c1. The lowest BCUT2D eigenvalue weighted by molar-refractivity contribution is -0.112. The van der Waals surface area contributed by atoms with Crippen LogP contribution in [0.2, 0.25) is 0 Å². The molecule has 4 aromatic rings. The van der Waals surface area contributed by atoms with Gasteiger partial charge in [-0.1, -0.05) is 36.4 Å². The Morgan fingerprint density at radius 1 is 0.677 bits per heavy atom. The molecule has 1 aliphatic carbocycles. The van der Waals surface area contributed by atoms with Crippen LogP contribution in [0.25, 0.3) is 23.5 Å². The van der Waals surface area contributed by atoms with Gasteiger partial charge in [-0.05, 0) is 55.7 Å². The molecule has 5 heteroatoms. The first kappa shape index (κ1) is 19.0. The van der Waals surface area contributed by atoms with Crippen molar-refractivity contribution in [2.45, 2.75) is 19.3 Å². The molecule has 0 N–H and O–H groups in total. The van der Waals surface area contributed by atoms with Crippen molar-refractivity contribution in [2.24, 2.45) is 0 Å². The van der Waals surface area contributed by atoms with E-state index in [-0.39, 0.29) is 5.78 Å². The molecule has 1 aliphatic rings. The normalized spacial score (nSPS) is 16.8. The van der Waals surface area contributed by atoms with Gasteiger partial charge in [0.1, 0.15) is 0 Å². The van der Waals surface area contributed by atoms with Gasteiger partial charge in [-0.15, -0.1) is 0 Å². The molecule has 2 heterocycles. The Balaban J connectivity index is 1.37. The van der Waals surface area contributed by atoms with E-state index in [9.17, 15) is 4.79 Å². The Morgan fingerprint density at radius 3 is 1.58 bits per heavy atom. The third-order valence-electron chi connectivity index (χ3n) is 5.40. The number of Topliss-reactive ketones (excluding diaryl/α,β-unsaturated/α-hetero) is 1. The summed E-state index contributed by atoms with van der Waals surface area (Å²) in [5.41, 5.74) is 5.54. The van der Waals surface area contributed by atoms with E-state index in [2.05, 4.69) is 10.2 Å². The van der Waals surface area contributed by atoms with E-state index in [1.54, 1.807) is 12.4 Å². The summed E-state index contributed by atoms with van der Waals surface area (Å²) in [6.07, 6.45) is 14.0. The summed E-state index contributed by atoms with van der Waals surface area (Å²) in [6.45, 7) is 0. The summed E-state index contributed by atoms with van der Waals surface area (Å²) in [5.74, 6) is 0.117. The minimum Gasteiger partial charge on any atom is -0.289 e. The molecule has 152 valence electrons. The molecule has 0 radical (unpaired) electrons. The number of hydrogen-bond donors (Lipinski definition) is 0. The van der Waals surface area contributed by atoms with Crippen LogP contribution in [0, 0.1) is 0 Å². The zero-order valence-corrected chi connectivity index (χ0v) is 17.1. The lowest BCUT2D eigenvalue weighted by Crippen LogP contribution is -2.12. The van der Waals surface area contributed by atoms with E-state index in [1.165, 1.54) is 0 Å². The van der Waals surface area contributed by atoms with E-state index < -0.39 is 0 Å². The maximum absolute atomic E-state index is 13.1. The number of carbonyl (C=O) groups excluding carboxylic acids is 1. The molecule has 0 unspecified atom stereocenters. The molecular weight excluding hydrogens is 384 g/mol. The van der Waals surface area contributed by atoms with Gasteiger partial charge in [0.15, 0.2) is 5.78 Å². The lowest BCUT2D eigenvalue weighted by Gasteiger charge is -2.16. The third kappa shape index (κ3) is 4.16. The highest BCUT2D eigenvalue weighted by Crippen LogP contribution is 2.28. The number of carbonyl (C=O) groups is 1. The number of ketones is 1. The monoisotopic (exact) mass is 406 g/mol. The van der Waals surface area contributed by atoms with Crippen molar-refractivity contribution in [1.82, 2.24) is 19.6 Å². The Labute approximate surface area is 181 Å². The van der Waals surface area contributed by atoms with Crippen molar-refractivity contribution in [1.29, 1.82) is 0 Å². The first-order valence-corrected chi connectivity index (χ1v) is 10.4. The second kappa shape index (κ2) is 8.40. The van der Waals surface area contributed by atoms with Crippen LogP contribution in [0.3, 0.4) is 0 Å². The molecule has 2 aromatic carbocycles. The summed E-state index contributed by atoms with van der Waals surface area (Å²) in [6, 6.07) is 19.9. The average Bonchev–Trinajstić information content (AvgIpc) is 3.48. The van der Waals surface area contributed by atoms with Crippen LogP contribution in [0.5, 0.6) is 0 Å². The predicted molar refractivity (Wildman–Crippen MR) is 122 cm³/mol. The first-order valence-electron chi connectivity index (χ1n) is 10.4. The number of nitrogens with zero attached hydrogens (tertiary/aromatic N) is 4. The minimum atomic E-state index is 0.117. The second-order valence-electron chi connectivity index (χ2n) is 7.63. The van der Waals surface area contributed by atoms with Gasteiger partial charge in [-0.3, -0.25) is 4.79 Å². The number of allylic oxidation sites excluding steroid dienone is 2. The maximum atomic E-state index is 13.1. The van der Waals surface area contributed by atoms with Crippen molar-refractivity contribution < 1.29 is 4.79 Å². The molecule has 0 amide bonds. The highest BCUT2D eigenvalue weighted by molar-refractivity contribution is 6.13. The molecule has 1 saturated carbocycles. The standard InChI is InChI=1S/C26H22N4O/c31-26-22(14-20-16-27-29(18-20)24-10-3-1-4-11-24)8-7-9-23(26)15-21-17-28-30(19-21)25-12-5-2-6-13-25/h1-6,10-19H,7-9H2/b22-14-,23-15+. The van der Waals surface area contributed by atoms with Crippen LogP contribution in [-0.4, -0.2) is 25.3 Å². The molecule has 0 bridgehead atoms.